The van der Waals surface area contributed by atoms with Crippen molar-refractivity contribution in [1.82, 2.24) is 15.2 Å². The van der Waals surface area contributed by atoms with Crippen LogP contribution in [-0.4, -0.2) is 21.1 Å². The topological polar surface area (TPSA) is 70.7 Å². The molecule has 5 nitrogen and oxygen atoms in total. The number of hydrogen-bond acceptors (Lipinski definition) is 3. The number of H-pyrrole nitrogens is 1. The number of pyridine rings is 1. The molecule has 0 saturated carbocycles. The molecule has 0 atom stereocenters. The van der Waals surface area contributed by atoms with Crippen molar-refractivity contribution in [2.45, 2.75) is 6.42 Å². The number of anilines is 1. The van der Waals surface area contributed by atoms with Crippen LogP contribution in [0.1, 0.15) is 5.69 Å². The van der Waals surface area contributed by atoms with Crippen LogP contribution in [0.2, 0.25) is 5.02 Å². The quantitative estimate of drug-likeness (QED) is 0.778. The fourth-order valence-electron chi connectivity index (χ4n) is 1.93. The van der Waals surface area contributed by atoms with Crippen LogP contribution in [0.5, 0.6) is 0 Å². The van der Waals surface area contributed by atoms with Gasteiger partial charge in [0.05, 0.1) is 11.9 Å². The van der Waals surface area contributed by atoms with Gasteiger partial charge in [-0.05, 0) is 30.3 Å². The molecule has 1 amide bonds. The molecule has 100 valence electrons. The molecule has 0 unspecified atom stereocenters. The van der Waals surface area contributed by atoms with Gasteiger partial charge in [0.25, 0.3) is 0 Å². The largest absolute Gasteiger partial charge is 0.308 e. The van der Waals surface area contributed by atoms with E-state index in [0.717, 1.165) is 10.9 Å². The minimum atomic E-state index is -0.160. The maximum absolute atomic E-state index is 12.0. The lowest BCUT2D eigenvalue weighted by atomic mass is 10.2. The van der Waals surface area contributed by atoms with Gasteiger partial charge in [0.15, 0.2) is 5.82 Å². The van der Waals surface area contributed by atoms with Crippen molar-refractivity contribution in [2.75, 3.05) is 5.32 Å². The number of nitrogens with zero attached hydrogens (tertiary/aromatic N) is 2. The number of fused-ring (bicyclic) bond motifs is 1. The third-order valence-corrected chi connectivity index (χ3v) is 3.09. The molecule has 1 aromatic carbocycles. The monoisotopic (exact) mass is 286 g/mol. The predicted octanol–water partition coefficient (Wildman–Crippen LogP) is 2.79. The first-order chi connectivity index (χ1) is 9.72. The van der Waals surface area contributed by atoms with E-state index in [2.05, 4.69) is 20.5 Å². The molecule has 0 saturated heterocycles. The third-order valence-electron chi connectivity index (χ3n) is 2.85. The number of hydrogen-bond donors (Lipinski definition) is 2. The number of halogens is 1. The van der Waals surface area contributed by atoms with E-state index in [0.29, 0.717) is 16.5 Å². The van der Waals surface area contributed by atoms with Gasteiger partial charge in [0, 0.05) is 22.3 Å². The second-order valence-electron chi connectivity index (χ2n) is 4.31. The van der Waals surface area contributed by atoms with Crippen molar-refractivity contribution in [3.05, 3.63) is 53.3 Å². The Morgan fingerprint density at radius 3 is 3.00 bits per heavy atom. The highest BCUT2D eigenvalue weighted by Crippen LogP contribution is 2.23. The minimum Gasteiger partial charge on any atom is -0.308 e. The van der Waals surface area contributed by atoms with Crippen molar-refractivity contribution in [2.24, 2.45) is 0 Å². The highest BCUT2D eigenvalue weighted by molar-refractivity contribution is 6.31. The SMILES string of the molecule is O=C(Cc1ccccn1)Nc1n[nH]c2cc(Cl)ccc12. The Morgan fingerprint density at radius 2 is 2.20 bits per heavy atom. The number of aromatic nitrogens is 3. The highest BCUT2D eigenvalue weighted by Gasteiger charge is 2.10. The molecule has 20 heavy (non-hydrogen) atoms. The standard InChI is InChI=1S/C14H11ClN4O/c15-9-4-5-11-12(7-9)18-19-14(11)17-13(20)8-10-3-1-2-6-16-10/h1-7H,8H2,(H2,17,18,19,20). The van der Waals surface area contributed by atoms with Gasteiger partial charge >= 0.3 is 0 Å². The molecule has 2 N–H and O–H groups in total. The van der Waals surface area contributed by atoms with Crippen LogP contribution >= 0.6 is 11.6 Å². The lowest BCUT2D eigenvalue weighted by Gasteiger charge is -2.02. The van der Waals surface area contributed by atoms with Gasteiger partial charge in [-0.3, -0.25) is 14.9 Å². The van der Waals surface area contributed by atoms with Gasteiger partial charge in [0.2, 0.25) is 5.91 Å². The van der Waals surface area contributed by atoms with Gasteiger partial charge in [-0.2, -0.15) is 5.10 Å². The highest BCUT2D eigenvalue weighted by atomic mass is 35.5. The van der Waals surface area contributed by atoms with E-state index in [1.165, 1.54) is 0 Å². The Morgan fingerprint density at radius 1 is 1.30 bits per heavy atom. The van der Waals surface area contributed by atoms with Crippen molar-refractivity contribution in [3.63, 3.8) is 0 Å². The zero-order chi connectivity index (χ0) is 13.9. The molecular weight excluding hydrogens is 276 g/mol. The summed E-state index contributed by atoms with van der Waals surface area (Å²) in [4.78, 5) is 16.1. The van der Waals surface area contributed by atoms with Crippen molar-refractivity contribution in [3.8, 4) is 0 Å². The van der Waals surface area contributed by atoms with Crippen LogP contribution in [0.25, 0.3) is 10.9 Å². The van der Waals surface area contributed by atoms with E-state index in [1.54, 1.807) is 18.3 Å². The van der Waals surface area contributed by atoms with E-state index in [4.69, 9.17) is 11.6 Å². The first-order valence-corrected chi connectivity index (χ1v) is 6.43. The molecule has 0 aliphatic heterocycles. The number of carbonyl (C=O) groups is 1. The first kappa shape index (κ1) is 12.6. The van der Waals surface area contributed by atoms with E-state index >= 15 is 0 Å². The van der Waals surface area contributed by atoms with E-state index in [1.807, 2.05) is 24.3 Å². The Bertz CT molecular complexity index is 754. The average Bonchev–Trinajstić information content (AvgIpc) is 2.82. The van der Waals surface area contributed by atoms with Crippen molar-refractivity contribution in [1.29, 1.82) is 0 Å². The summed E-state index contributed by atoms with van der Waals surface area (Å²) in [6.45, 7) is 0. The fraction of sp³-hybridized carbons (Fsp3) is 0.0714. The molecule has 3 rings (SSSR count). The Labute approximate surface area is 120 Å². The zero-order valence-electron chi connectivity index (χ0n) is 10.4. The number of carbonyl (C=O) groups excluding carboxylic acids is 1. The zero-order valence-corrected chi connectivity index (χ0v) is 11.2. The minimum absolute atomic E-state index is 0.160. The molecular formula is C14H11ClN4O. The predicted molar refractivity (Wildman–Crippen MR) is 77.7 cm³/mol. The van der Waals surface area contributed by atoms with Gasteiger partial charge in [-0.25, -0.2) is 0 Å². The van der Waals surface area contributed by atoms with Crippen LogP contribution in [0.3, 0.4) is 0 Å². The van der Waals surface area contributed by atoms with E-state index in [9.17, 15) is 4.79 Å². The molecule has 3 aromatic rings. The summed E-state index contributed by atoms with van der Waals surface area (Å²) in [6, 6.07) is 10.8. The summed E-state index contributed by atoms with van der Waals surface area (Å²) in [5.74, 6) is 0.338. The number of rotatable bonds is 3. The van der Waals surface area contributed by atoms with E-state index < -0.39 is 0 Å². The normalized spacial score (nSPS) is 10.7. The Balaban J connectivity index is 1.78. The van der Waals surface area contributed by atoms with Crippen LogP contribution < -0.4 is 5.32 Å². The van der Waals surface area contributed by atoms with E-state index in [-0.39, 0.29) is 12.3 Å². The summed E-state index contributed by atoms with van der Waals surface area (Å²) < 4.78 is 0. The second-order valence-corrected chi connectivity index (χ2v) is 4.74. The Kier molecular flexibility index (Phi) is 3.35. The summed E-state index contributed by atoms with van der Waals surface area (Å²) >= 11 is 5.90. The summed E-state index contributed by atoms with van der Waals surface area (Å²) in [7, 11) is 0. The summed E-state index contributed by atoms with van der Waals surface area (Å²) in [6.07, 6.45) is 1.87. The molecule has 2 heterocycles. The van der Waals surface area contributed by atoms with Crippen LogP contribution in [0.15, 0.2) is 42.6 Å². The van der Waals surface area contributed by atoms with Gasteiger partial charge in [0.1, 0.15) is 0 Å². The van der Waals surface area contributed by atoms with Crippen LogP contribution in [0, 0.1) is 0 Å². The van der Waals surface area contributed by atoms with Crippen molar-refractivity contribution < 1.29 is 4.79 Å². The van der Waals surface area contributed by atoms with Gasteiger partial charge in [-0.1, -0.05) is 17.7 Å². The molecule has 2 aromatic heterocycles. The molecule has 0 fully saturated rings. The number of amides is 1. The molecule has 0 aliphatic rings. The van der Waals surface area contributed by atoms with Gasteiger partial charge < -0.3 is 5.32 Å². The maximum Gasteiger partial charge on any atom is 0.231 e. The lowest BCUT2D eigenvalue weighted by Crippen LogP contribution is -2.15. The van der Waals surface area contributed by atoms with Gasteiger partial charge in [-0.15, -0.1) is 0 Å². The number of benzene rings is 1. The molecule has 0 bridgehead atoms. The average molecular weight is 287 g/mol. The summed E-state index contributed by atoms with van der Waals surface area (Å²) in [5, 5.41) is 11.1. The second kappa shape index (κ2) is 5.30. The number of aromatic amines is 1. The first-order valence-electron chi connectivity index (χ1n) is 6.06. The Hall–Kier alpha value is -2.40. The summed E-state index contributed by atoms with van der Waals surface area (Å²) in [5.41, 5.74) is 1.50. The smallest absolute Gasteiger partial charge is 0.231 e. The number of nitrogens with one attached hydrogen (secondary N) is 2. The van der Waals surface area contributed by atoms with Crippen LogP contribution in [0.4, 0.5) is 5.82 Å². The third kappa shape index (κ3) is 2.62. The molecule has 0 spiro atoms. The molecule has 0 aliphatic carbocycles. The lowest BCUT2D eigenvalue weighted by molar-refractivity contribution is -0.115. The molecule has 0 radical (unpaired) electrons. The van der Waals surface area contributed by atoms with Crippen molar-refractivity contribution >= 4 is 34.2 Å². The maximum atomic E-state index is 12.0. The van der Waals surface area contributed by atoms with Crippen LogP contribution in [-0.2, 0) is 11.2 Å². The molecule has 6 heteroatoms. The fourth-order valence-corrected chi connectivity index (χ4v) is 2.10.